The fraction of sp³-hybridized carbons (Fsp3) is 0.100. The molecular weight excluding hydrogens is 495 g/mol. The van der Waals surface area contributed by atoms with E-state index < -0.39 is 22.5 Å². The van der Waals surface area contributed by atoms with Gasteiger partial charge in [0.25, 0.3) is 0 Å². The summed E-state index contributed by atoms with van der Waals surface area (Å²) in [4.78, 5) is 0. The van der Waals surface area contributed by atoms with E-state index in [-0.39, 0.29) is 0 Å². The van der Waals surface area contributed by atoms with Gasteiger partial charge in [0.2, 0.25) is 0 Å². The molecule has 0 unspecified atom stereocenters. The Kier molecular flexibility index (Phi) is 6.99. The van der Waals surface area contributed by atoms with Crippen LogP contribution in [0.1, 0.15) is 0 Å². The Labute approximate surface area is 167 Å². The van der Waals surface area contributed by atoms with E-state index in [9.17, 15) is 0 Å². The normalized spacial score (nSPS) is 12.7. The van der Waals surface area contributed by atoms with Crippen molar-refractivity contribution in [3.05, 3.63) is 91.0 Å². The zero-order valence-corrected chi connectivity index (χ0v) is 19.5. The van der Waals surface area contributed by atoms with Crippen molar-refractivity contribution in [1.82, 2.24) is 0 Å². The Morgan fingerprint density at radius 3 is 1.23 bits per heavy atom. The van der Waals surface area contributed by atoms with Crippen LogP contribution >= 0.6 is 14.3 Å². The van der Waals surface area contributed by atoms with Crippen LogP contribution in [0.25, 0.3) is 0 Å². The van der Waals surface area contributed by atoms with Crippen molar-refractivity contribution in [3.8, 4) is 0 Å². The van der Waals surface area contributed by atoms with Crippen LogP contribution in [0.3, 0.4) is 0 Å². The van der Waals surface area contributed by atoms with Crippen LogP contribution in [0.4, 0.5) is 0 Å². The summed E-state index contributed by atoms with van der Waals surface area (Å²) in [7, 11) is 5.09. The van der Waals surface area contributed by atoms with Crippen molar-refractivity contribution in [2.75, 3.05) is 14.2 Å². The fourth-order valence-electron chi connectivity index (χ4n) is 2.65. The maximum absolute atomic E-state index is 5.83. The molecule has 0 aromatic heterocycles. The topological polar surface area (TPSA) is 18.5 Å². The second kappa shape index (κ2) is 9.04. The van der Waals surface area contributed by atoms with Crippen molar-refractivity contribution in [2.45, 2.75) is 0 Å². The molecule has 0 bridgehead atoms. The van der Waals surface area contributed by atoms with Crippen LogP contribution in [0.15, 0.2) is 91.0 Å². The number of rotatable bonds is 7. The molecule has 0 saturated carbocycles. The first-order valence-corrected chi connectivity index (χ1v) is 18.4. The van der Waals surface area contributed by atoms with Gasteiger partial charge in [0.15, 0.2) is 0 Å². The third-order valence-electron chi connectivity index (χ3n) is 3.88. The molecule has 0 saturated heterocycles. The van der Waals surface area contributed by atoms with E-state index in [1.165, 1.54) is 10.8 Å². The van der Waals surface area contributed by atoms with Gasteiger partial charge in [-0.2, -0.15) is 0 Å². The Bertz CT molecular complexity index is 771. The van der Waals surface area contributed by atoms with Crippen molar-refractivity contribution in [2.24, 2.45) is 0 Å². The second-order valence-electron chi connectivity index (χ2n) is 5.38. The number of benzene rings is 3. The van der Waals surface area contributed by atoms with Crippen LogP contribution < -0.4 is 10.8 Å². The van der Waals surface area contributed by atoms with Gasteiger partial charge >= 0.3 is 168 Å². The van der Waals surface area contributed by atoms with E-state index in [4.69, 9.17) is 20.9 Å². The molecule has 0 radical (unpaired) electrons. The second-order valence-corrected chi connectivity index (χ2v) is 25.6. The minimum atomic E-state index is -3.21. The summed E-state index contributed by atoms with van der Waals surface area (Å²) >= 11 is 2.62. The molecule has 6 heteroatoms. The maximum atomic E-state index is 5.83. The zero-order valence-electron chi connectivity index (χ0n) is 14.6. The first-order valence-electron chi connectivity index (χ1n) is 8.06. The van der Waals surface area contributed by atoms with Crippen molar-refractivity contribution in [3.63, 3.8) is 0 Å². The van der Waals surface area contributed by atoms with Crippen LogP contribution in [0.5, 0.6) is 0 Å². The van der Waals surface area contributed by atoms with E-state index in [0.29, 0.717) is 0 Å². The van der Waals surface area contributed by atoms with Crippen LogP contribution in [0, 0.1) is 0 Å². The van der Waals surface area contributed by atoms with Gasteiger partial charge in [0.1, 0.15) is 0 Å². The molecule has 0 aliphatic rings. The molecule has 3 aromatic carbocycles. The van der Waals surface area contributed by atoms with E-state index in [1.807, 2.05) is 0 Å². The Hall–Kier alpha value is -0.630. The van der Waals surface area contributed by atoms with Gasteiger partial charge in [-0.1, -0.05) is 0 Å². The van der Waals surface area contributed by atoms with Gasteiger partial charge in [0.05, 0.1) is 0 Å². The molecule has 0 aliphatic carbocycles. The summed E-state index contributed by atoms with van der Waals surface area (Å²) in [5, 5.41) is 0. The van der Waals surface area contributed by atoms with Gasteiger partial charge in [-0.15, -0.1) is 0 Å². The molecule has 0 N–H and O–H groups in total. The van der Waals surface area contributed by atoms with E-state index in [2.05, 4.69) is 91.0 Å². The van der Waals surface area contributed by atoms with Gasteiger partial charge in [-0.05, 0) is 0 Å². The third kappa shape index (κ3) is 4.11. The quantitative estimate of drug-likeness (QED) is 0.351. The molecule has 0 aliphatic heterocycles. The molecule has 3 aromatic rings. The molecule has 0 atom stereocenters. The molecule has 2 nitrogen and oxygen atoms in total. The molecule has 0 spiro atoms. The van der Waals surface area contributed by atoms with E-state index in [1.54, 1.807) is 22.8 Å². The van der Waals surface area contributed by atoms with Crippen LogP contribution in [-0.4, -0.2) is 31.0 Å². The van der Waals surface area contributed by atoms with Crippen LogP contribution in [0.2, 0.25) is 0 Å². The fourth-order valence-corrected chi connectivity index (χ4v) is 36.9. The molecule has 3 rings (SSSR count). The summed E-state index contributed by atoms with van der Waals surface area (Å²) in [6.07, 6.45) is 0. The third-order valence-corrected chi connectivity index (χ3v) is 34.2. The SMILES string of the molecule is COP(=S)(OC)S[Te](c1ccccc1)(c1ccccc1)c1ccccc1. The summed E-state index contributed by atoms with van der Waals surface area (Å²) in [6.45, 7) is 0. The number of hydrogen-bond acceptors (Lipinski definition) is 4. The van der Waals surface area contributed by atoms with Gasteiger partial charge < -0.3 is 0 Å². The predicted molar refractivity (Wildman–Crippen MR) is 120 cm³/mol. The Balaban J connectivity index is 2.33. The van der Waals surface area contributed by atoms with Gasteiger partial charge in [0, 0.05) is 0 Å². The van der Waals surface area contributed by atoms with Crippen molar-refractivity contribution >= 4 is 53.8 Å². The van der Waals surface area contributed by atoms with Crippen molar-refractivity contribution in [1.29, 1.82) is 0 Å². The van der Waals surface area contributed by atoms with Crippen LogP contribution in [-0.2, 0) is 20.9 Å². The van der Waals surface area contributed by atoms with Gasteiger partial charge in [-0.3, -0.25) is 0 Å². The first-order chi connectivity index (χ1) is 12.6. The molecule has 136 valence electrons. The summed E-state index contributed by atoms with van der Waals surface area (Å²) in [6, 6.07) is 32.1. The number of hydrogen-bond donors (Lipinski definition) is 0. The molecule has 26 heavy (non-hydrogen) atoms. The van der Waals surface area contributed by atoms with E-state index in [0.717, 1.165) is 0 Å². The average molecular weight is 516 g/mol. The standard InChI is InChI=1S/C20H21O2PS2Te/c1-21-23(24,22-2)25-26(18-12-6-3-7-13-18,19-14-8-4-9-15-19)20-16-10-5-11-17-20/h3-17H,1-2H3. The molecule has 0 amide bonds. The van der Waals surface area contributed by atoms with E-state index >= 15 is 0 Å². The summed E-state index contributed by atoms with van der Waals surface area (Å²) < 4.78 is 15.4. The zero-order chi connectivity index (χ0) is 18.5. The molecule has 0 heterocycles. The molecule has 0 fully saturated rings. The monoisotopic (exact) mass is 518 g/mol. The predicted octanol–water partition coefficient (Wildman–Crippen LogP) is 3.90. The average Bonchev–Trinajstić information content (AvgIpc) is 2.74. The van der Waals surface area contributed by atoms with Crippen molar-refractivity contribution < 1.29 is 9.05 Å². The molecular formula is C20H21O2PS2Te. The first kappa shape index (κ1) is 20.1. The minimum absolute atomic E-state index is 1.33. The Morgan fingerprint density at radius 2 is 0.962 bits per heavy atom. The van der Waals surface area contributed by atoms with Gasteiger partial charge in [-0.25, -0.2) is 0 Å². The summed E-state index contributed by atoms with van der Waals surface area (Å²) in [5.74, 6) is 0. The summed E-state index contributed by atoms with van der Waals surface area (Å²) in [5.41, 5.74) is -2.46. The Morgan fingerprint density at radius 1 is 0.654 bits per heavy atom.